The smallest absolute Gasteiger partial charge is 0.0364 e. The summed E-state index contributed by atoms with van der Waals surface area (Å²) in [6.45, 7) is 4.10. The highest BCUT2D eigenvalue weighted by atomic mass is 15.1. The van der Waals surface area contributed by atoms with E-state index in [0.717, 1.165) is 13.1 Å². The number of hydrogen-bond acceptors (Lipinski definition) is 3. The second-order valence-corrected chi connectivity index (χ2v) is 4.61. The van der Waals surface area contributed by atoms with Crippen molar-refractivity contribution < 1.29 is 0 Å². The molecular weight excluding hydrogens is 198 g/mol. The molecular formula is C13H23N3. The highest BCUT2D eigenvalue weighted by molar-refractivity contribution is 5.47. The first-order valence-electron chi connectivity index (χ1n) is 5.72. The van der Waals surface area contributed by atoms with Crippen molar-refractivity contribution in [1.29, 1.82) is 0 Å². The van der Waals surface area contributed by atoms with Crippen LogP contribution in [0, 0.1) is 0 Å². The number of hydrogen-bond donors (Lipinski definition) is 1. The molecule has 1 atom stereocenters. The largest absolute Gasteiger partial charge is 0.373 e. The Morgan fingerprint density at radius 1 is 1.06 bits per heavy atom. The monoisotopic (exact) mass is 221 g/mol. The van der Waals surface area contributed by atoms with E-state index in [4.69, 9.17) is 5.73 Å². The first-order valence-corrected chi connectivity index (χ1v) is 5.72. The van der Waals surface area contributed by atoms with Crippen LogP contribution in [0.1, 0.15) is 18.5 Å². The zero-order valence-corrected chi connectivity index (χ0v) is 10.8. The predicted molar refractivity (Wildman–Crippen MR) is 70.9 cm³/mol. The standard InChI is InChI=1S/C13H23N3/c1-11(14)12-5-7-13(8-6-12)16(4)10-9-15(2)3/h5-8,11H,9-10,14H2,1-4H3. The zero-order chi connectivity index (χ0) is 12.1. The van der Waals surface area contributed by atoms with Crippen molar-refractivity contribution in [3.05, 3.63) is 29.8 Å². The Kier molecular flexibility index (Phi) is 4.77. The van der Waals surface area contributed by atoms with Gasteiger partial charge >= 0.3 is 0 Å². The maximum Gasteiger partial charge on any atom is 0.0364 e. The summed E-state index contributed by atoms with van der Waals surface area (Å²) in [6.07, 6.45) is 0. The van der Waals surface area contributed by atoms with Gasteiger partial charge in [-0.15, -0.1) is 0 Å². The molecule has 1 rings (SSSR count). The third kappa shape index (κ3) is 3.83. The molecule has 16 heavy (non-hydrogen) atoms. The topological polar surface area (TPSA) is 32.5 Å². The predicted octanol–water partition coefficient (Wildman–Crippen LogP) is 1.70. The van der Waals surface area contributed by atoms with Crippen molar-refractivity contribution in [2.45, 2.75) is 13.0 Å². The van der Waals surface area contributed by atoms with Crippen LogP contribution in [0.2, 0.25) is 0 Å². The second kappa shape index (κ2) is 5.87. The molecule has 1 unspecified atom stereocenters. The molecule has 0 saturated carbocycles. The fraction of sp³-hybridized carbons (Fsp3) is 0.538. The maximum atomic E-state index is 5.82. The minimum absolute atomic E-state index is 0.112. The molecule has 0 fully saturated rings. The van der Waals surface area contributed by atoms with Crippen LogP contribution in [0.3, 0.4) is 0 Å². The number of nitrogens with zero attached hydrogens (tertiary/aromatic N) is 2. The van der Waals surface area contributed by atoms with Gasteiger partial charge in [0.25, 0.3) is 0 Å². The van der Waals surface area contributed by atoms with Crippen molar-refractivity contribution in [2.24, 2.45) is 5.73 Å². The lowest BCUT2D eigenvalue weighted by molar-refractivity contribution is 0.416. The molecule has 0 bridgehead atoms. The van der Waals surface area contributed by atoms with Gasteiger partial charge in [-0.25, -0.2) is 0 Å². The van der Waals surface area contributed by atoms with E-state index in [1.807, 2.05) is 6.92 Å². The lowest BCUT2D eigenvalue weighted by Crippen LogP contribution is -2.28. The SMILES string of the molecule is CC(N)c1ccc(N(C)CCN(C)C)cc1. The average molecular weight is 221 g/mol. The number of likely N-dealkylation sites (N-methyl/N-ethyl adjacent to an activating group) is 2. The summed E-state index contributed by atoms with van der Waals surface area (Å²) in [5.41, 5.74) is 8.24. The third-order valence-corrected chi connectivity index (χ3v) is 2.74. The Labute approximate surface area is 98.8 Å². The van der Waals surface area contributed by atoms with Gasteiger partial charge in [-0.1, -0.05) is 12.1 Å². The quantitative estimate of drug-likeness (QED) is 0.821. The van der Waals surface area contributed by atoms with Crippen LogP contribution < -0.4 is 10.6 Å². The Hall–Kier alpha value is -1.06. The van der Waals surface area contributed by atoms with E-state index in [2.05, 4.69) is 55.2 Å². The molecule has 2 N–H and O–H groups in total. The first-order chi connectivity index (χ1) is 7.50. The van der Waals surface area contributed by atoms with E-state index in [9.17, 15) is 0 Å². The molecule has 0 aromatic heterocycles. The van der Waals surface area contributed by atoms with Gasteiger partial charge in [-0.05, 0) is 38.7 Å². The van der Waals surface area contributed by atoms with E-state index in [1.165, 1.54) is 11.3 Å². The summed E-state index contributed by atoms with van der Waals surface area (Å²) in [6, 6.07) is 8.59. The Morgan fingerprint density at radius 2 is 1.62 bits per heavy atom. The Bertz CT molecular complexity index is 303. The highest BCUT2D eigenvalue weighted by Crippen LogP contribution is 2.16. The summed E-state index contributed by atoms with van der Waals surface area (Å²) in [7, 11) is 6.30. The van der Waals surface area contributed by atoms with Gasteiger partial charge in [0, 0.05) is 31.9 Å². The summed E-state index contributed by atoms with van der Waals surface area (Å²) >= 11 is 0. The lowest BCUT2D eigenvalue weighted by atomic mass is 10.1. The summed E-state index contributed by atoms with van der Waals surface area (Å²) in [5, 5.41) is 0. The van der Waals surface area contributed by atoms with Gasteiger partial charge < -0.3 is 15.5 Å². The van der Waals surface area contributed by atoms with E-state index >= 15 is 0 Å². The minimum Gasteiger partial charge on any atom is -0.373 e. The van der Waals surface area contributed by atoms with Crippen LogP contribution in [0.5, 0.6) is 0 Å². The van der Waals surface area contributed by atoms with E-state index in [-0.39, 0.29) is 6.04 Å². The van der Waals surface area contributed by atoms with Crippen molar-refractivity contribution >= 4 is 5.69 Å². The number of anilines is 1. The van der Waals surface area contributed by atoms with Crippen LogP contribution in [0.25, 0.3) is 0 Å². The molecule has 0 saturated heterocycles. The Morgan fingerprint density at radius 3 is 2.06 bits per heavy atom. The number of rotatable bonds is 5. The molecule has 0 aliphatic rings. The summed E-state index contributed by atoms with van der Waals surface area (Å²) in [5.74, 6) is 0. The van der Waals surface area contributed by atoms with Crippen molar-refractivity contribution in [1.82, 2.24) is 4.90 Å². The van der Waals surface area contributed by atoms with Crippen LogP contribution in [-0.2, 0) is 0 Å². The minimum atomic E-state index is 0.112. The molecule has 1 aromatic carbocycles. The molecule has 1 aromatic rings. The summed E-state index contributed by atoms with van der Waals surface area (Å²) < 4.78 is 0. The molecule has 3 heteroatoms. The van der Waals surface area contributed by atoms with Crippen molar-refractivity contribution in [2.75, 3.05) is 39.1 Å². The van der Waals surface area contributed by atoms with Gasteiger partial charge in [-0.2, -0.15) is 0 Å². The first kappa shape index (κ1) is 13.0. The van der Waals surface area contributed by atoms with E-state index in [1.54, 1.807) is 0 Å². The molecule has 0 aliphatic heterocycles. The molecule has 0 aliphatic carbocycles. The normalized spacial score (nSPS) is 12.9. The van der Waals surface area contributed by atoms with Gasteiger partial charge in [0.05, 0.1) is 0 Å². The molecule has 3 nitrogen and oxygen atoms in total. The Balaban J connectivity index is 2.59. The van der Waals surface area contributed by atoms with Gasteiger partial charge in [0.2, 0.25) is 0 Å². The molecule has 0 amide bonds. The average Bonchev–Trinajstić information content (AvgIpc) is 2.26. The zero-order valence-electron chi connectivity index (χ0n) is 10.8. The van der Waals surface area contributed by atoms with Crippen molar-refractivity contribution in [3.63, 3.8) is 0 Å². The van der Waals surface area contributed by atoms with E-state index < -0.39 is 0 Å². The van der Waals surface area contributed by atoms with Gasteiger partial charge in [0.1, 0.15) is 0 Å². The maximum absolute atomic E-state index is 5.82. The molecule has 90 valence electrons. The van der Waals surface area contributed by atoms with Crippen LogP contribution in [0.4, 0.5) is 5.69 Å². The van der Waals surface area contributed by atoms with Crippen LogP contribution in [0.15, 0.2) is 24.3 Å². The number of benzene rings is 1. The molecule has 0 heterocycles. The highest BCUT2D eigenvalue weighted by Gasteiger charge is 2.03. The second-order valence-electron chi connectivity index (χ2n) is 4.61. The van der Waals surface area contributed by atoms with Gasteiger partial charge in [0.15, 0.2) is 0 Å². The van der Waals surface area contributed by atoms with Crippen LogP contribution in [-0.4, -0.2) is 39.1 Å². The van der Waals surface area contributed by atoms with Crippen LogP contribution >= 0.6 is 0 Å². The molecule has 0 spiro atoms. The summed E-state index contributed by atoms with van der Waals surface area (Å²) in [4.78, 5) is 4.44. The fourth-order valence-corrected chi connectivity index (χ4v) is 1.51. The van der Waals surface area contributed by atoms with Crippen molar-refractivity contribution in [3.8, 4) is 0 Å². The number of nitrogens with two attached hydrogens (primary N) is 1. The third-order valence-electron chi connectivity index (χ3n) is 2.74. The lowest BCUT2D eigenvalue weighted by Gasteiger charge is -2.22. The molecule has 0 radical (unpaired) electrons. The van der Waals surface area contributed by atoms with E-state index in [0.29, 0.717) is 0 Å². The van der Waals surface area contributed by atoms with Gasteiger partial charge in [-0.3, -0.25) is 0 Å². The fourth-order valence-electron chi connectivity index (χ4n) is 1.51.